The van der Waals surface area contributed by atoms with Crippen LogP contribution in [0, 0.1) is 0 Å². The Morgan fingerprint density at radius 3 is 2.71 bits per heavy atom. The number of alkyl halides is 3. The highest BCUT2D eigenvalue weighted by Crippen LogP contribution is 2.35. The van der Waals surface area contributed by atoms with Crippen molar-refractivity contribution in [2.45, 2.75) is 6.18 Å². The first-order valence-electron chi connectivity index (χ1n) is 9.55. The first-order chi connectivity index (χ1) is 16.3. The van der Waals surface area contributed by atoms with Gasteiger partial charge in [0.05, 0.1) is 39.9 Å². The number of benzene rings is 1. The number of fused-ring (bicyclic) bond motifs is 1. The van der Waals surface area contributed by atoms with Gasteiger partial charge in [0.1, 0.15) is 5.69 Å². The van der Waals surface area contributed by atoms with E-state index in [1.807, 2.05) is 0 Å². The van der Waals surface area contributed by atoms with Crippen LogP contribution in [0.2, 0.25) is 5.02 Å². The number of aromatic nitrogens is 6. The van der Waals surface area contributed by atoms with Crippen LogP contribution < -0.4 is 5.32 Å². The summed E-state index contributed by atoms with van der Waals surface area (Å²) in [5.41, 5.74) is -1.07. The zero-order valence-electron chi connectivity index (χ0n) is 16.8. The number of carbonyl (C=O) groups excluding carboxylic acids is 1. The number of nitrogens with zero attached hydrogens (tertiary/aromatic N) is 6. The Hall–Kier alpha value is -4.32. The van der Waals surface area contributed by atoms with Crippen LogP contribution in [0.1, 0.15) is 16.1 Å². The number of carbonyl (C=O) groups is 1. The van der Waals surface area contributed by atoms with Gasteiger partial charge >= 0.3 is 6.18 Å². The van der Waals surface area contributed by atoms with E-state index in [0.29, 0.717) is 15.6 Å². The van der Waals surface area contributed by atoms with E-state index in [-0.39, 0.29) is 28.0 Å². The van der Waals surface area contributed by atoms with E-state index in [1.165, 1.54) is 24.5 Å². The molecular formula is C21H11ClF3N7O2. The predicted octanol–water partition coefficient (Wildman–Crippen LogP) is 4.79. The fourth-order valence-electron chi connectivity index (χ4n) is 3.38. The van der Waals surface area contributed by atoms with E-state index >= 15 is 0 Å². The molecular weight excluding hydrogens is 475 g/mol. The summed E-state index contributed by atoms with van der Waals surface area (Å²) in [6.07, 6.45) is -0.204. The van der Waals surface area contributed by atoms with E-state index in [2.05, 4.69) is 30.6 Å². The molecule has 0 saturated heterocycles. The molecule has 0 radical (unpaired) electrons. The van der Waals surface area contributed by atoms with Crippen molar-refractivity contribution in [2.75, 3.05) is 5.32 Å². The molecule has 0 unspecified atom stereocenters. The van der Waals surface area contributed by atoms with Gasteiger partial charge in [-0.2, -0.15) is 18.3 Å². The van der Waals surface area contributed by atoms with Crippen molar-refractivity contribution in [3.63, 3.8) is 0 Å². The minimum absolute atomic E-state index is 0.0492. The summed E-state index contributed by atoms with van der Waals surface area (Å²) in [5.74, 6) is -0.992. The van der Waals surface area contributed by atoms with Gasteiger partial charge in [-0.15, -0.1) is 10.2 Å². The normalized spacial score (nSPS) is 11.6. The van der Waals surface area contributed by atoms with Crippen LogP contribution in [-0.4, -0.2) is 35.9 Å². The van der Waals surface area contributed by atoms with Crippen molar-refractivity contribution in [3.05, 3.63) is 77.7 Å². The smallest absolute Gasteiger partial charge is 0.422 e. The van der Waals surface area contributed by atoms with E-state index in [1.54, 1.807) is 24.3 Å². The number of hydrogen-bond donors (Lipinski definition) is 1. The molecule has 5 aromatic rings. The van der Waals surface area contributed by atoms with Crippen LogP contribution in [0.3, 0.4) is 0 Å². The molecule has 170 valence electrons. The van der Waals surface area contributed by atoms with Crippen molar-refractivity contribution in [3.8, 4) is 17.3 Å². The fraction of sp³-hybridized carbons (Fsp3) is 0.0476. The maximum Gasteiger partial charge on any atom is 0.434 e. The van der Waals surface area contributed by atoms with E-state index < -0.39 is 23.3 Å². The molecule has 1 amide bonds. The van der Waals surface area contributed by atoms with Gasteiger partial charge in [-0.1, -0.05) is 17.7 Å². The van der Waals surface area contributed by atoms with Gasteiger partial charge in [0.2, 0.25) is 6.39 Å². The summed E-state index contributed by atoms with van der Waals surface area (Å²) < 4.78 is 48.0. The van der Waals surface area contributed by atoms with Crippen molar-refractivity contribution < 1.29 is 22.4 Å². The van der Waals surface area contributed by atoms with Crippen molar-refractivity contribution in [1.29, 1.82) is 0 Å². The summed E-state index contributed by atoms with van der Waals surface area (Å²) in [7, 11) is 0. The van der Waals surface area contributed by atoms with E-state index in [0.717, 1.165) is 12.6 Å². The summed E-state index contributed by atoms with van der Waals surface area (Å²) in [6.45, 7) is 0. The third kappa shape index (κ3) is 3.83. The average molecular weight is 486 g/mol. The Morgan fingerprint density at radius 1 is 1.12 bits per heavy atom. The van der Waals surface area contributed by atoms with Crippen molar-refractivity contribution in [1.82, 2.24) is 29.9 Å². The third-order valence-corrected chi connectivity index (χ3v) is 5.08. The second kappa shape index (κ2) is 8.23. The zero-order valence-corrected chi connectivity index (χ0v) is 17.5. The molecule has 0 atom stereocenters. The molecule has 0 aliphatic heterocycles. The van der Waals surface area contributed by atoms with Crippen LogP contribution in [0.25, 0.3) is 28.2 Å². The van der Waals surface area contributed by atoms with E-state index in [9.17, 15) is 18.0 Å². The first kappa shape index (κ1) is 21.5. The average Bonchev–Trinajstić information content (AvgIpc) is 3.49. The van der Waals surface area contributed by atoms with Crippen LogP contribution in [0.5, 0.6) is 0 Å². The Kier molecular flexibility index (Phi) is 5.21. The minimum Gasteiger partial charge on any atom is -0.422 e. The maximum absolute atomic E-state index is 14.1. The number of amides is 1. The highest BCUT2D eigenvalue weighted by atomic mass is 35.5. The second-order valence-electron chi connectivity index (χ2n) is 6.92. The monoisotopic (exact) mass is 485 g/mol. The molecule has 0 aliphatic carbocycles. The molecule has 9 nitrogen and oxygen atoms in total. The number of pyridine rings is 2. The Bertz CT molecular complexity index is 1510. The minimum atomic E-state index is -4.88. The Labute approximate surface area is 193 Å². The first-order valence-corrected chi connectivity index (χ1v) is 9.93. The second-order valence-corrected chi connectivity index (χ2v) is 7.32. The quantitative estimate of drug-likeness (QED) is 0.389. The number of nitrogens with one attached hydrogen (secondary N) is 1. The molecule has 0 bridgehead atoms. The number of halogens is 4. The molecule has 13 heteroatoms. The predicted molar refractivity (Wildman–Crippen MR) is 114 cm³/mol. The van der Waals surface area contributed by atoms with Gasteiger partial charge in [0.25, 0.3) is 11.8 Å². The number of rotatable bonds is 4. The fourth-order valence-corrected chi connectivity index (χ4v) is 3.63. The SMILES string of the molecule is O=C(Nc1cnc(-c2nnco2)c(Cl)c1)c1cnn(-c2cccc3ncccc23)c1C(F)(F)F. The lowest BCUT2D eigenvalue weighted by atomic mass is 10.1. The standard InChI is InChI=1S/C21H11ClF3N7O2/c22-14-7-11(8-27-17(14)20-31-28-10-34-20)30-19(33)13-9-29-32(18(13)21(23,24)25)16-5-1-4-15-12(16)3-2-6-26-15/h1-10H,(H,30,33). The van der Waals surface area contributed by atoms with Gasteiger partial charge in [0.15, 0.2) is 5.69 Å². The number of anilines is 1. The molecule has 1 aromatic carbocycles. The highest BCUT2D eigenvalue weighted by Gasteiger charge is 2.41. The lowest BCUT2D eigenvalue weighted by molar-refractivity contribution is -0.143. The lowest BCUT2D eigenvalue weighted by Gasteiger charge is -2.14. The lowest BCUT2D eigenvalue weighted by Crippen LogP contribution is -2.21. The molecule has 4 heterocycles. The van der Waals surface area contributed by atoms with Crippen molar-refractivity contribution >= 4 is 34.1 Å². The summed E-state index contributed by atoms with van der Waals surface area (Å²) >= 11 is 6.15. The molecule has 1 N–H and O–H groups in total. The van der Waals surface area contributed by atoms with Gasteiger partial charge in [-0.05, 0) is 30.3 Å². The molecule has 0 fully saturated rings. The van der Waals surface area contributed by atoms with Gasteiger partial charge < -0.3 is 9.73 Å². The molecule has 0 saturated carbocycles. The molecule has 34 heavy (non-hydrogen) atoms. The maximum atomic E-state index is 14.1. The van der Waals surface area contributed by atoms with Crippen LogP contribution >= 0.6 is 11.6 Å². The Morgan fingerprint density at radius 2 is 1.97 bits per heavy atom. The highest BCUT2D eigenvalue weighted by molar-refractivity contribution is 6.33. The third-order valence-electron chi connectivity index (χ3n) is 4.79. The van der Waals surface area contributed by atoms with Gasteiger partial charge in [0, 0.05) is 11.6 Å². The van der Waals surface area contributed by atoms with Crippen LogP contribution in [-0.2, 0) is 6.18 Å². The molecule has 0 aliphatic rings. The van der Waals surface area contributed by atoms with E-state index in [4.69, 9.17) is 16.0 Å². The van der Waals surface area contributed by atoms with Crippen molar-refractivity contribution in [2.24, 2.45) is 0 Å². The van der Waals surface area contributed by atoms with Crippen LogP contribution in [0.4, 0.5) is 18.9 Å². The Balaban J connectivity index is 1.53. The molecule has 0 spiro atoms. The summed E-state index contributed by atoms with van der Waals surface area (Å²) in [4.78, 5) is 21.0. The summed E-state index contributed by atoms with van der Waals surface area (Å²) in [5, 5.41) is 13.9. The topological polar surface area (TPSA) is 112 Å². The van der Waals surface area contributed by atoms with Gasteiger partial charge in [-0.25, -0.2) is 9.67 Å². The van der Waals surface area contributed by atoms with Crippen LogP contribution in [0.15, 0.2) is 65.8 Å². The molecule has 5 rings (SSSR count). The van der Waals surface area contributed by atoms with Gasteiger partial charge in [-0.3, -0.25) is 9.78 Å². The zero-order chi connectivity index (χ0) is 23.9. The molecule has 4 aromatic heterocycles. The largest absolute Gasteiger partial charge is 0.434 e. The summed E-state index contributed by atoms with van der Waals surface area (Å²) in [6, 6.07) is 9.22. The number of hydrogen-bond acceptors (Lipinski definition) is 7.